The fraction of sp³-hybridized carbons (Fsp3) is 0.385. The third-order valence-corrected chi connectivity index (χ3v) is 3.86. The number of benzene rings is 1. The van der Waals surface area contributed by atoms with E-state index in [4.69, 9.17) is 15.7 Å². The van der Waals surface area contributed by atoms with E-state index in [0.717, 1.165) is 10.9 Å². The Morgan fingerprint density at radius 3 is 3.00 bits per heavy atom. The molecule has 1 aromatic carbocycles. The van der Waals surface area contributed by atoms with E-state index in [1.54, 1.807) is 23.1 Å². The van der Waals surface area contributed by atoms with Crippen molar-refractivity contribution >= 4 is 27.7 Å². The monoisotopic (exact) mass is 341 g/mol. The van der Waals surface area contributed by atoms with Crippen LogP contribution in [0.25, 0.3) is 0 Å². The van der Waals surface area contributed by atoms with E-state index in [2.05, 4.69) is 21.1 Å². The Bertz CT molecular complexity index is 548. The Kier molecular flexibility index (Phi) is 4.49. The number of nitrogens with zero attached hydrogens (tertiary/aromatic N) is 2. The number of nitrogens with two attached hydrogens (primary N) is 1. The number of oxime groups is 1. The summed E-state index contributed by atoms with van der Waals surface area (Å²) in [7, 11) is 1.52. The van der Waals surface area contributed by atoms with Gasteiger partial charge in [0.15, 0.2) is 5.84 Å². The van der Waals surface area contributed by atoms with Crippen molar-refractivity contribution in [3.05, 3.63) is 28.2 Å². The minimum absolute atomic E-state index is 0.0620. The molecule has 1 aliphatic heterocycles. The number of amidine groups is 1. The Labute approximate surface area is 125 Å². The van der Waals surface area contributed by atoms with Crippen LogP contribution in [-0.2, 0) is 0 Å². The summed E-state index contributed by atoms with van der Waals surface area (Å²) in [6, 6.07) is 4.86. The summed E-state index contributed by atoms with van der Waals surface area (Å²) in [6.45, 7) is 0.582. The number of rotatable bonds is 3. The van der Waals surface area contributed by atoms with E-state index in [9.17, 15) is 4.79 Å². The number of carbonyl (C=O) groups is 1. The molecule has 1 unspecified atom stereocenters. The van der Waals surface area contributed by atoms with Crippen molar-refractivity contribution in [1.29, 1.82) is 0 Å². The van der Waals surface area contributed by atoms with Gasteiger partial charge in [0, 0.05) is 11.0 Å². The van der Waals surface area contributed by atoms with E-state index < -0.39 is 0 Å². The smallest absolute Gasteiger partial charge is 0.258 e. The summed E-state index contributed by atoms with van der Waals surface area (Å²) in [5.74, 6) is 0.380. The molecule has 1 aromatic rings. The second-order valence-corrected chi connectivity index (χ2v) is 5.44. The number of halogens is 1. The molecule has 1 saturated heterocycles. The Hall–Kier alpha value is -1.76. The van der Waals surface area contributed by atoms with Crippen LogP contribution in [0.2, 0.25) is 0 Å². The maximum atomic E-state index is 12.6. The summed E-state index contributed by atoms with van der Waals surface area (Å²) in [4.78, 5) is 14.2. The Morgan fingerprint density at radius 1 is 1.60 bits per heavy atom. The van der Waals surface area contributed by atoms with Gasteiger partial charge in [0.1, 0.15) is 5.75 Å². The topological polar surface area (TPSA) is 88.2 Å². The first-order chi connectivity index (χ1) is 9.58. The van der Waals surface area contributed by atoms with Gasteiger partial charge < -0.3 is 20.6 Å². The third kappa shape index (κ3) is 2.72. The lowest BCUT2D eigenvalue weighted by Gasteiger charge is -2.24. The highest BCUT2D eigenvalue weighted by Gasteiger charge is 2.33. The number of hydrogen-bond acceptors (Lipinski definition) is 4. The molecule has 0 spiro atoms. The van der Waals surface area contributed by atoms with Crippen LogP contribution in [0, 0.1) is 0 Å². The van der Waals surface area contributed by atoms with E-state index in [1.807, 2.05) is 0 Å². The summed E-state index contributed by atoms with van der Waals surface area (Å²) in [5.41, 5.74) is 6.11. The zero-order chi connectivity index (χ0) is 14.7. The van der Waals surface area contributed by atoms with Crippen LogP contribution >= 0.6 is 15.9 Å². The molecule has 0 bridgehead atoms. The van der Waals surface area contributed by atoms with Gasteiger partial charge in [-0.2, -0.15) is 0 Å². The van der Waals surface area contributed by atoms with E-state index >= 15 is 0 Å². The van der Waals surface area contributed by atoms with Crippen LogP contribution in [0.4, 0.5) is 0 Å². The number of amides is 1. The predicted molar refractivity (Wildman–Crippen MR) is 78.2 cm³/mol. The second kappa shape index (κ2) is 6.13. The Balaban J connectivity index is 2.31. The number of hydrogen-bond donors (Lipinski definition) is 2. The van der Waals surface area contributed by atoms with Gasteiger partial charge in [-0.3, -0.25) is 4.79 Å². The van der Waals surface area contributed by atoms with Crippen LogP contribution in [0.15, 0.2) is 27.8 Å². The van der Waals surface area contributed by atoms with Crippen molar-refractivity contribution in [3.63, 3.8) is 0 Å². The minimum atomic E-state index is -0.360. The average molecular weight is 342 g/mol. The second-order valence-electron chi connectivity index (χ2n) is 4.53. The van der Waals surface area contributed by atoms with E-state index in [0.29, 0.717) is 24.3 Å². The van der Waals surface area contributed by atoms with E-state index in [1.165, 1.54) is 7.11 Å². The van der Waals surface area contributed by atoms with Crippen molar-refractivity contribution in [2.45, 2.75) is 18.9 Å². The zero-order valence-corrected chi connectivity index (χ0v) is 12.6. The average Bonchev–Trinajstić information content (AvgIpc) is 2.94. The molecule has 1 aliphatic rings. The summed E-state index contributed by atoms with van der Waals surface area (Å²) >= 11 is 3.34. The molecule has 3 N–H and O–H groups in total. The lowest BCUT2D eigenvalue weighted by Crippen LogP contribution is -2.44. The molecule has 1 atom stereocenters. The van der Waals surface area contributed by atoms with Gasteiger partial charge in [0.25, 0.3) is 5.91 Å². The van der Waals surface area contributed by atoms with Crippen LogP contribution in [-0.4, -0.2) is 41.5 Å². The number of methoxy groups -OCH3 is 1. The molecule has 2 rings (SSSR count). The van der Waals surface area contributed by atoms with Crippen molar-refractivity contribution in [2.24, 2.45) is 10.9 Å². The first-order valence-corrected chi connectivity index (χ1v) is 6.99. The molecule has 7 heteroatoms. The van der Waals surface area contributed by atoms with Crippen LogP contribution in [0.3, 0.4) is 0 Å². The van der Waals surface area contributed by atoms with Crippen LogP contribution in [0.1, 0.15) is 23.2 Å². The van der Waals surface area contributed by atoms with Crippen LogP contribution in [0.5, 0.6) is 5.75 Å². The lowest BCUT2D eigenvalue weighted by atomic mass is 10.1. The first-order valence-electron chi connectivity index (χ1n) is 6.20. The molecule has 0 radical (unpaired) electrons. The van der Waals surface area contributed by atoms with E-state index in [-0.39, 0.29) is 17.8 Å². The summed E-state index contributed by atoms with van der Waals surface area (Å²) in [6.07, 6.45) is 1.52. The van der Waals surface area contributed by atoms with Gasteiger partial charge in [-0.25, -0.2) is 0 Å². The standard InChI is InChI=1S/C13H16BrN3O3/c1-20-11-7-8(14)4-5-9(11)13(18)17-6-2-3-10(17)12(15)16-19/h4-5,7,10,19H,2-3,6H2,1H3,(H2,15,16). The summed E-state index contributed by atoms with van der Waals surface area (Å²) in [5, 5.41) is 11.8. The highest BCUT2D eigenvalue weighted by atomic mass is 79.9. The van der Waals surface area contributed by atoms with Gasteiger partial charge in [-0.05, 0) is 31.0 Å². The fourth-order valence-corrected chi connectivity index (χ4v) is 2.72. The van der Waals surface area contributed by atoms with Crippen molar-refractivity contribution in [3.8, 4) is 5.75 Å². The molecule has 1 heterocycles. The largest absolute Gasteiger partial charge is 0.496 e. The quantitative estimate of drug-likeness (QED) is 0.380. The summed E-state index contributed by atoms with van der Waals surface area (Å²) < 4.78 is 6.07. The minimum Gasteiger partial charge on any atom is -0.496 e. The van der Waals surface area contributed by atoms with Gasteiger partial charge in [0.2, 0.25) is 0 Å². The lowest BCUT2D eigenvalue weighted by molar-refractivity contribution is 0.0764. The molecule has 108 valence electrons. The van der Waals surface area contributed by atoms with Gasteiger partial charge in [-0.1, -0.05) is 21.1 Å². The molecular weight excluding hydrogens is 326 g/mol. The molecule has 1 fully saturated rings. The maximum absolute atomic E-state index is 12.6. The number of ether oxygens (including phenoxy) is 1. The molecular formula is C13H16BrN3O3. The normalized spacial score (nSPS) is 19.2. The van der Waals surface area contributed by atoms with Gasteiger partial charge >= 0.3 is 0 Å². The van der Waals surface area contributed by atoms with Crippen molar-refractivity contribution < 1.29 is 14.7 Å². The van der Waals surface area contributed by atoms with Crippen molar-refractivity contribution in [2.75, 3.05) is 13.7 Å². The van der Waals surface area contributed by atoms with Crippen LogP contribution < -0.4 is 10.5 Å². The molecule has 1 amide bonds. The SMILES string of the molecule is COc1cc(Br)ccc1C(=O)N1CCCC1/C(N)=N/O. The fourth-order valence-electron chi connectivity index (χ4n) is 2.38. The number of carbonyl (C=O) groups excluding carboxylic acids is 1. The molecule has 0 aliphatic carbocycles. The van der Waals surface area contributed by atoms with Crippen molar-refractivity contribution in [1.82, 2.24) is 4.90 Å². The molecule has 0 aromatic heterocycles. The highest BCUT2D eigenvalue weighted by Crippen LogP contribution is 2.27. The molecule has 6 nitrogen and oxygen atoms in total. The highest BCUT2D eigenvalue weighted by molar-refractivity contribution is 9.10. The molecule has 20 heavy (non-hydrogen) atoms. The predicted octanol–water partition coefficient (Wildman–Crippen LogP) is 1.81. The third-order valence-electron chi connectivity index (χ3n) is 3.36. The number of likely N-dealkylation sites (tertiary alicyclic amines) is 1. The zero-order valence-electron chi connectivity index (χ0n) is 11.0. The first kappa shape index (κ1) is 14.6. The van der Waals surface area contributed by atoms with Gasteiger partial charge in [0.05, 0.1) is 18.7 Å². The molecule has 0 saturated carbocycles. The Morgan fingerprint density at radius 2 is 2.35 bits per heavy atom. The van der Waals surface area contributed by atoms with Gasteiger partial charge in [-0.15, -0.1) is 0 Å². The maximum Gasteiger partial charge on any atom is 0.258 e.